The predicted molar refractivity (Wildman–Crippen MR) is 99.3 cm³/mol. The van der Waals surface area contributed by atoms with E-state index in [0.29, 0.717) is 12.3 Å². The quantitative estimate of drug-likeness (QED) is 0.857. The van der Waals surface area contributed by atoms with E-state index in [1.807, 2.05) is 23.1 Å². The van der Waals surface area contributed by atoms with Gasteiger partial charge >= 0.3 is 0 Å². The average Bonchev–Trinajstić information content (AvgIpc) is 3.21. The molecule has 1 saturated heterocycles. The van der Waals surface area contributed by atoms with Crippen molar-refractivity contribution in [2.45, 2.75) is 19.3 Å². The maximum atomic E-state index is 12.7. The van der Waals surface area contributed by atoms with Crippen LogP contribution in [-0.2, 0) is 0 Å². The normalized spacial score (nSPS) is 18.2. The molecule has 25 heavy (non-hydrogen) atoms. The summed E-state index contributed by atoms with van der Waals surface area (Å²) in [6.07, 6.45) is 5.56. The highest BCUT2D eigenvalue weighted by molar-refractivity contribution is 6.06. The fourth-order valence-corrected chi connectivity index (χ4v) is 3.84. The number of piperidine rings is 1. The van der Waals surface area contributed by atoms with Crippen LogP contribution in [0.5, 0.6) is 0 Å². The highest BCUT2D eigenvalue weighted by Crippen LogP contribution is 2.33. The molecule has 5 nitrogen and oxygen atoms in total. The lowest BCUT2D eigenvalue weighted by molar-refractivity contribution is 0.0960. The maximum absolute atomic E-state index is 12.7. The summed E-state index contributed by atoms with van der Waals surface area (Å²) >= 11 is 0. The third kappa shape index (κ3) is 3.42. The fourth-order valence-electron chi connectivity index (χ4n) is 3.84. The number of amides is 1. The molecule has 4 rings (SSSR count). The number of likely N-dealkylation sites (tertiary alicyclic amines) is 1. The molecule has 0 aliphatic carbocycles. The van der Waals surface area contributed by atoms with Gasteiger partial charge in [-0.2, -0.15) is 0 Å². The van der Waals surface area contributed by atoms with Gasteiger partial charge in [-0.25, -0.2) is 0 Å². The van der Waals surface area contributed by atoms with Crippen molar-refractivity contribution in [3.8, 4) is 0 Å². The number of fused-ring (bicyclic) bond motifs is 1. The predicted octanol–water partition coefficient (Wildman–Crippen LogP) is 3.23. The highest BCUT2D eigenvalue weighted by atomic mass is 16.3. The van der Waals surface area contributed by atoms with Crippen LogP contribution in [0.1, 0.15) is 29.8 Å². The molecule has 0 radical (unpaired) electrons. The molecule has 0 saturated carbocycles. The van der Waals surface area contributed by atoms with E-state index in [4.69, 9.17) is 4.42 Å². The lowest BCUT2D eigenvalue weighted by atomic mass is 10.1. The Morgan fingerprint density at radius 1 is 0.880 bits per heavy atom. The highest BCUT2D eigenvalue weighted by Gasteiger charge is 2.28. The van der Waals surface area contributed by atoms with Gasteiger partial charge in [0.05, 0.1) is 17.6 Å². The first-order valence-electron chi connectivity index (χ1n) is 9.24. The van der Waals surface area contributed by atoms with Crippen molar-refractivity contribution in [1.82, 2.24) is 4.90 Å². The second kappa shape index (κ2) is 7.31. The Hall–Kier alpha value is -2.27. The zero-order chi connectivity index (χ0) is 17.1. The molecule has 5 heteroatoms. The molecule has 0 unspecified atom stereocenters. The van der Waals surface area contributed by atoms with Gasteiger partial charge in [0.1, 0.15) is 0 Å². The smallest absolute Gasteiger partial charge is 0.294 e. The SMILES string of the molecule is O=C(c1ccco1)N1CCN(CCN2CCCCC2)c2ccccc21. The lowest BCUT2D eigenvalue weighted by Gasteiger charge is -2.38. The number of anilines is 2. The van der Waals surface area contributed by atoms with Crippen LogP contribution >= 0.6 is 0 Å². The van der Waals surface area contributed by atoms with Crippen molar-refractivity contribution in [3.05, 3.63) is 48.4 Å². The van der Waals surface area contributed by atoms with Crippen LogP contribution in [0.3, 0.4) is 0 Å². The summed E-state index contributed by atoms with van der Waals surface area (Å²) in [6.45, 7) is 6.10. The molecule has 0 N–H and O–H groups in total. The molecule has 2 aromatic rings. The molecule has 132 valence electrons. The summed E-state index contributed by atoms with van der Waals surface area (Å²) in [6, 6.07) is 11.7. The number of hydrogen-bond donors (Lipinski definition) is 0. The summed E-state index contributed by atoms with van der Waals surface area (Å²) < 4.78 is 5.31. The van der Waals surface area contributed by atoms with Crippen LogP contribution < -0.4 is 9.80 Å². The number of hydrogen-bond acceptors (Lipinski definition) is 4. The van der Waals surface area contributed by atoms with Crippen molar-refractivity contribution >= 4 is 17.3 Å². The zero-order valence-corrected chi connectivity index (χ0v) is 14.6. The number of nitrogens with zero attached hydrogens (tertiary/aromatic N) is 3. The Morgan fingerprint density at radius 3 is 2.44 bits per heavy atom. The maximum Gasteiger partial charge on any atom is 0.294 e. The van der Waals surface area contributed by atoms with Gasteiger partial charge in [0, 0.05) is 26.2 Å². The summed E-state index contributed by atoms with van der Waals surface area (Å²) in [4.78, 5) is 19.6. The van der Waals surface area contributed by atoms with Gasteiger partial charge in [-0.3, -0.25) is 4.79 Å². The second-order valence-corrected chi connectivity index (χ2v) is 6.81. The Kier molecular flexibility index (Phi) is 4.74. The molecule has 1 fully saturated rings. The third-order valence-electron chi connectivity index (χ3n) is 5.22. The van der Waals surface area contributed by atoms with Crippen LogP contribution in [0.4, 0.5) is 11.4 Å². The van der Waals surface area contributed by atoms with Gasteiger partial charge in [0.2, 0.25) is 0 Å². The molecule has 0 spiro atoms. The van der Waals surface area contributed by atoms with Crippen LogP contribution in [0.2, 0.25) is 0 Å². The van der Waals surface area contributed by atoms with Crippen LogP contribution in [0.25, 0.3) is 0 Å². The van der Waals surface area contributed by atoms with Gasteiger partial charge < -0.3 is 19.1 Å². The molecule has 1 aromatic heterocycles. The summed E-state index contributed by atoms with van der Waals surface area (Å²) in [5, 5.41) is 0. The van der Waals surface area contributed by atoms with Gasteiger partial charge in [-0.1, -0.05) is 18.6 Å². The Labute approximate surface area is 148 Å². The van der Waals surface area contributed by atoms with Crippen molar-refractivity contribution in [3.63, 3.8) is 0 Å². The van der Waals surface area contributed by atoms with Gasteiger partial charge in [-0.05, 0) is 50.2 Å². The van der Waals surface area contributed by atoms with E-state index in [1.54, 1.807) is 18.4 Å². The van der Waals surface area contributed by atoms with Crippen molar-refractivity contribution in [1.29, 1.82) is 0 Å². The minimum atomic E-state index is -0.0619. The van der Waals surface area contributed by atoms with Crippen LogP contribution in [0.15, 0.2) is 47.1 Å². The number of carbonyl (C=O) groups excluding carboxylic acids is 1. The molecule has 0 atom stereocenters. The van der Waals surface area contributed by atoms with E-state index >= 15 is 0 Å². The number of carbonyl (C=O) groups is 1. The van der Waals surface area contributed by atoms with Gasteiger partial charge in [0.15, 0.2) is 5.76 Å². The van der Waals surface area contributed by atoms with E-state index in [-0.39, 0.29) is 5.91 Å². The third-order valence-corrected chi connectivity index (χ3v) is 5.22. The van der Waals surface area contributed by atoms with Crippen molar-refractivity contribution in [2.24, 2.45) is 0 Å². The first-order chi connectivity index (χ1) is 12.3. The van der Waals surface area contributed by atoms with E-state index in [1.165, 1.54) is 32.4 Å². The fraction of sp³-hybridized carbons (Fsp3) is 0.450. The molecule has 1 amide bonds. The Morgan fingerprint density at radius 2 is 1.68 bits per heavy atom. The molecule has 2 aliphatic rings. The standard InChI is InChI=1S/C20H25N3O2/c24-20(19-9-6-16-25-19)23-15-14-22(17-7-2-3-8-18(17)23)13-12-21-10-4-1-5-11-21/h2-3,6-9,16H,1,4-5,10-15H2. The van der Waals surface area contributed by atoms with Crippen molar-refractivity contribution < 1.29 is 9.21 Å². The Bertz CT molecular complexity index is 707. The number of furan rings is 1. The van der Waals surface area contributed by atoms with Gasteiger partial charge in [-0.15, -0.1) is 0 Å². The second-order valence-electron chi connectivity index (χ2n) is 6.81. The molecule has 0 bridgehead atoms. The minimum absolute atomic E-state index is 0.0619. The summed E-state index contributed by atoms with van der Waals surface area (Å²) in [5.74, 6) is 0.338. The Balaban J connectivity index is 1.49. The van der Waals surface area contributed by atoms with Gasteiger partial charge in [0.25, 0.3) is 5.91 Å². The van der Waals surface area contributed by atoms with Crippen LogP contribution in [-0.4, -0.2) is 50.1 Å². The number of benzene rings is 1. The largest absolute Gasteiger partial charge is 0.459 e. The molecule has 3 heterocycles. The first-order valence-corrected chi connectivity index (χ1v) is 9.24. The molecule has 1 aromatic carbocycles. The zero-order valence-electron chi connectivity index (χ0n) is 14.6. The average molecular weight is 339 g/mol. The lowest BCUT2D eigenvalue weighted by Crippen LogP contribution is -2.46. The molecule has 2 aliphatic heterocycles. The first kappa shape index (κ1) is 16.2. The van der Waals surface area contributed by atoms with E-state index in [2.05, 4.69) is 15.9 Å². The monoisotopic (exact) mass is 339 g/mol. The topological polar surface area (TPSA) is 39.9 Å². The molecular formula is C20H25N3O2. The van der Waals surface area contributed by atoms with Crippen LogP contribution in [0, 0.1) is 0 Å². The van der Waals surface area contributed by atoms with E-state index < -0.39 is 0 Å². The number of rotatable bonds is 4. The van der Waals surface area contributed by atoms with E-state index in [0.717, 1.165) is 31.0 Å². The summed E-state index contributed by atoms with van der Waals surface area (Å²) in [7, 11) is 0. The van der Waals surface area contributed by atoms with Crippen molar-refractivity contribution in [2.75, 3.05) is 49.1 Å². The minimum Gasteiger partial charge on any atom is -0.459 e. The molecular weight excluding hydrogens is 314 g/mol. The van der Waals surface area contributed by atoms with E-state index in [9.17, 15) is 4.79 Å². The number of para-hydroxylation sites is 2. The summed E-state index contributed by atoms with van der Waals surface area (Å²) in [5.41, 5.74) is 2.12.